The average Bonchev–Trinajstić information content (AvgIpc) is 2.79. The second kappa shape index (κ2) is 10.3. The molecular formula is C25H34N4O2. The standard InChI is InChI=1S/C25H34N4O2/c1-28-12-10-22(11-13-28)27-23-8-4-7-20(15-23)25(31)26-16-24(30)18-29-14-9-19-5-2-3-6-21(19)17-29/h2-8,15,22,24,27,30H,9-14,16-18H2,1H3,(H,26,31)/t24-/m0/s1. The van der Waals surface area contributed by atoms with Gasteiger partial charge in [0.1, 0.15) is 0 Å². The van der Waals surface area contributed by atoms with Gasteiger partial charge in [-0.05, 0) is 68.7 Å². The first-order valence-electron chi connectivity index (χ1n) is 11.4. The van der Waals surface area contributed by atoms with E-state index in [1.165, 1.54) is 11.1 Å². The van der Waals surface area contributed by atoms with E-state index in [0.717, 1.165) is 51.1 Å². The molecule has 3 N–H and O–H groups in total. The second-order valence-electron chi connectivity index (χ2n) is 8.92. The molecule has 0 spiro atoms. The maximum atomic E-state index is 12.6. The second-order valence-corrected chi connectivity index (χ2v) is 8.92. The molecular weight excluding hydrogens is 388 g/mol. The van der Waals surface area contributed by atoms with Crippen molar-refractivity contribution in [2.75, 3.05) is 45.1 Å². The summed E-state index contributed by atoms with van der Waals surface area (Å²) in [4.78, 5) is 17.2. The summed E-state index contributed by atoms with van der Waals surface area (Å²) in [6.45, 7) is 4.80. The third-order valence-corrected chi connectivity index (χ3v) is 6.39. The number of nitrogens with one attached hydrogen (secondary N) is 2. The summed E-state index contributed by atoms with van der Waals surface area (Å²) in [5, 5.41) is 16.9. The highest BCUT2D eigenvalue weighted by atomic mass is 16.3. The maximum absolute atomic E-state index is 12.6. The minimum atomic E-state index is -0.588. The van der Waals surface area contributed by atoms with Gasteiger partial charge in [0.05, 0.1) is 6.10 Å². The Hall–Kier alpha value is -2.41. The van der Waals surface area contributed by atoms with Crippen molar-refractivity contribution in [2.24, 2.45) is 0 Å². The van der Waals surface area contributed by atoms with Gasteiger partial charge < -0.3 is 20.6 Å². The number of carbonyl (C=O) groups excluding carboxylic acids is 1. The van der Waals surface area contributed by atoms with E-state index in [4.69, 9.17) is 0 Å². The van der Waals surface area contributed by atoms with Crippen LogP contribution >= 0.6 is 0 Å². The first-order chi connectivity index (χ1) is 15.1. The summed E-state index contributed by atoms with van der Waals surface area (Å²) < 4.78 is 0. The number of aliphatic hydroxyl groups is 1. The summed E-state index contributed by atoms with van der Waals surface area (Å²) in [5.41, 5.74) is 4.33. The third kappa shape index (κ3) is 6.06. The van der Waals surface area contributed by atoms with Crippen molar-refractivity contribution in [1.82, 2.24) is 15.1 Å². The number of piperidine rings is 1. The van der Waals surface area contributed by atoms with Crippen molar-refractivity contribution in [3.63, 3.8) is 0 Å². The molecule has 2 aromatic carbocycles. The van der Waals surface area contributed by atoms with Crippen molar-refractivity contribution >= 4 is 11.6 Å². The first-order valence-corrected chi connectivity index (χ1v) is 11.4. The zero-order valence-corrected chi connectivity index (χ0v) is 18.4. The number of carbonyl (C=O) groups is 1. The van der Waals surface area contributed by atoms with Crippen LogP contribution in [0, 0.1) is 0 Å². The third-order valence-electron chi connectivity index (χ3n) is 6.39. The van der Waals surface area contributed by atoms with Gasteiger partial charge in [-0.2, -0.15) is 0 Å². The molecule has 0 bridgehead atoms. The Morgan fingerprint density at radius 1 is 1.10 bits per heavy atom. The molecule has 2 aromatic rings. The zero-order chi connectivity index (χ0) is 21.6. The van der Waals surface area contributed by atoms with Crippen molar-refractivity contribution in [3.8, 4) is 0 Å². The van der Waals surface area contributed by atoms with Crippen LogP contribution in [0.15, 0.2) is 48.5 Å². The predicted molar refractivity (Wildman–Crippen MR) is 124 cm³/mol. The van der Waals surface area contributed by atoms with E-state index in [2.05, 4.69) is 51.7 Å². The lowest BCUT2D eigenvalue weighted by Crippen LogP contribution is -2.42. The first kappa shape index (κ1) is 21.8. The molecule has 0 saturated carbocycles. The molecule has 2 heterocycles. The van der Waals surface area contributed by atoms with Crippen LogP contribution in [0.3, 0.4) is 0 Å². The highest BCUT2D eigenvalue weighted by Gasteiger charge is 2.19. The lowest BCUT2D eigenvalue weighted by atomic mass is 10.00. The molecule has 6 nitrogen and oxygen atoms in total. The van der Waals surface area contributed by atoms with Gasteiger partial charge >= 0.3 is 0 Å². The van der Waals surface area contributed by atoms with Gasteiger partial charge in [-0.1, -0.05) is 30.3 Å². The van der Waals surface area contributed by atoms with E-state index >= 15 is 0 Å². The van der Waals surface area contributed by atoms with Crippen LogP contribution in [0.4, 0.5) is 5.69 Å². The molecule has 6 heteroatoms. The van der Waals surface area contributed by atoms with E-state index < -0.39 is 6.10 Å². The zero-order valence-electron chi connectivity index (χ0n) is 18.4. The molecule has 0 aromatic heterocycles. The van der Waals surface area contributed by atoms with Gasteiger partial charge in [-0.25, -0.2) is 0 Å². The average molecular weight is 423 g/mol. The summed E-state index contributed by atoms with van der Waals surface area (Å²) in [5.74, 6) is -0.143. The Balaban J connectivity index is 1.24. The molecule has 2 aliphatic rings. The predicted octanol–water partition coefficient (Wildman–Crippen LogP) is 2.34. The number of anilines is 1. The number of rotatable bonds is 7. The lowest BCUT2D eigenvalue weighted by Gasteiger charge is -2.30. The van der Waals surface area contributed by atoms with Crippen LogP contribution in [0.25, 0.3) is 0 Å². The maximum Gasteiger partial charge on any atom is 0.251 e. The molecule has 1 amide bonds. The molecule has 1 fully saturated rings. The van der Waals surface area contributed by atoms with Gasteiger partial charge in [0, 0.05) is 43.5 Å². The minimum Gasteiger partial charge on any atom is -0.390 e. The van der Waals surface area contributed by atoms with Crippen molar-refractivity contribution in [1.29, 1.82) is 0 Å². The number of benzene rings is 2. The molecule has 31 heavy (non-hydrogen) atoms. The highest BCUT2D eigenvalue weighted by molar-refractivity contribution is 5.95. The summed E-state index contributed by atoms with van der Waals surface area (Å²) in [7, 11) is 2.15. The number of nitrogens with zero attached hydrogens (tertiary/aromatic N) is 2. The fourth-order valence-corrected chi connectivity index (χ4v) is 4.52. The van der Waals surface area contributed by atoms with E-state index in [-0.39, 0.29) is 12.5 Å². The summed E-state index contributed by atoms with van der Waals surface area (Å²) in [6.07, 6.45) is 2.64. The smallest absolute Gasteiger partial charge is 0.251 e. The minimum absolute atomic E-state index is 0.143. The number of fused-ring (bicyclic) bond motifs is 1. The Morgan fingerprint density at radius 2 is 1.87 bits per heavy atom. The van der Waals surface area contributed by atoms with Crippen molar-refractivity contribution in [3.05, 3.63) is 65.2 Å². The highest BCUT2D eigenvalue weighted by Crippen LogP contribution is 2.19. The number of hydrogen-bond acceptors (Lipinski definition) is 5. The van der Waals surface area contributed by atoms with E-state index in [0.29, 0.717) is 18.2 Å². The van der Waals surface area contributed by atoms with Crippen LogP contribution < -0.4 is 10.6 Å². The van der Waals surface area contributed by atoms with E-state index in [1.807, 2.05) is 24.3 Å². The summed E-state index contributed by atoms with van der Waals surface area (Å²) >= 11 is 0. The van der Waals surface area contributed by atoms with Crippen LogP contribution in [-0.2, 0) is 13.0 Å². The van der Waals surface area contributed by atoms with E-state index in [1.54, 1.807) is 0 Å². The quantitative estimate of drug-likeness (QED) is 0.639. The van der Waals surface area contributed by atoms with Gasteiger partial charge in [0.2, 0.25) is 0 Å². The molecule has 1 atom stereocenters. The van der Waals surface area contributed by atoms with Gasteiger partial charge in [0.15, 0.2) is 0 Å². The monoisotopic (exact) mass is 422 g/mol. The van der Waals surface area contributed by atoms with E-state index in [9.17, 15) is 9.90 Å². The molecule has 0 unspecified atom stereocenters. The number of amides is 1. The lowest BCUT2D eigenvalue weighted by molar-refractivity contribution is 0.0842. The SMILES string of the molecule is CN1CCC(Nc2cccc(C(=O)NC[C@H](O)CN3CCc4ccccc4C3)c2)CC1. The fourth-order valence-electron chi connectivity index (χ4n) is 4.52. The van der Waals surface area contributed by atoms with Crippen LogP contribution in [-0.4, -0.2) is 72.7 Å². The van der Waals surface area contributed by atoms with Crippen molar-refractivity contribution in [2.45, 2.75) is 38.0 Å². The normalized spacial score (nSPS) is 18.9. The molecule has 2 aliphatic heterocycles. The Labute approximate surface area is 185 Å². The molecule has 0 aliphatic carbocycles. The van der Waals surface area contributed by atoms with Gasteiger partial charge in [0.25, 0.3) is 5.91 Å². The van der Waals surface area contributed by atoms with Crippen LogP contribution in [0.1, 0.15) is 34.3 Å². The number of hydrogen-bond donors (Lipinski definition) is 3. The summed E-state index contributed by atoms with van der Waals surface area (Å²) in [6, 6.07) is 16.6. The Morgan fingerprint density at radius 3 is 2.68 bits per heavy atom. The molecule has 1 saturated heterocycles. The topological polar surface area (TPSA) is 67.8 Å². The number of likely N-dealkylation sites (tertiary alicyclic amines) is 1. The molecule has 4 rings (SSSR count). The van der Waals surface area contributed by atoms with Gasteiger partial charge in [-0.15, -0.1) is 0 Å². The van der Waals surface area contributed by atoms with Gasteiger partial charge in [-0.3, -0.25) is 9.69 Å². The number of β-amino-alcohol motifs (C(OH)–C–C–N with tert-alkyl or cyclic N) is 1. The van der Waals surface area contributed by atoms with Crippen molar-refractivity contribution < 1.29 is 9.90 Å². The fraction of sp³-hybridized carbons (Fsp3) is 0.480. The molecule has 0 radical (unpaired) electrons. The Bertz CT molecular complexity index is 879. The Kier molecular flexibility index (Phi) is 7.22. The largest absolute Gasteiger partial charge is 0.390 e. The molecule has 166 valence electrons. The number of aliphatic hydroxyl groups excluding tert-OH is 1. The van der Waals surface area contributed by atoms with Crippen LogP contribution in [0.2, 0.25) is 0 Å². The van der Waals surface area contributed by atoms with Crippen LogP contribution in [0.5, 0.6) is 0 Å².